The van der Waals surface area contributed by atoms with E-state index in [1.165, 1.54) is 19.5 Å². The molecule has 0 aliphatic carbocycles. The van der Waals surface area contributed by atoms with Gasteiger partial charge in [-0.1, -0.05) is 13.3 Å². The van der Waals surface area contributed by atoms with E-state index in [2.05, 4.69) is 32.6 Å². The zero-order valence-electron chi connectivity index (χ0n) is 9.51. The molecule has 0 bridgehead atoms. The van der Waals surface area contributed by atoms with Gasteiger partial charge in [-0.05, 0) is 33.1 Å². The number of hydrogen-bond donors (Lipinski definition) is 1. The maximum Gasteiger partial charge on any atom is 0.0125 e. The molecule has 0 unspecified atom stereocenters. The van der Waals surface area contributed by atoms with E-state index in [-0.39, 0.29) is 0 Å². The summed E-state index contributed by atoms with van der Waals surface area (Å²) in [7, 11) is 0. The number of nitrogens with zero attached hydrogens (tertiary/aromatic N) is 1. The Hall–Kier alpha value is -0.0800. The molecule has 78 valence electrons. The molecular formula is C11H24N2. The van der Waals surface area contributed by atoms with Crippen LogP contribution in [0.15, 0.2) is 0 Å². The first kappa shape index (κ1) is 11.0. The summed E-state index contributed by atoms with van der Waals surface area (Å²) in [6, 6.07) is 0.434. The predicted molar refractivity (Wildman–Crippen MR) is 57.7 cm³/mol. The van der Waals surface area contributed by atoms with E-state index in [0.717, 1.165) is 6.42 Å². The van der Waals surface area contributed by atoms with Crippen molar-refractivity contribution < 1.29 is 0 Å². The van der Waals surface area contributed by atoms with Crippen LogP contribution in [0.4, 0.5) is 0 Å². The fourth-order valence-corrected chi connectivity index (χ4v) is 2.09. The monoisotopic (exact) mass is 184 g/mol. The molecule has 2 atom stereocenters. The molecule has 0 aromatic heterocycles. The highest BCUT2D eigenvalue weighted by molar-refractivity contribution is 4.87. The van der Waals surface area contributed by atoms with Gasteiger partial charge in [-0.3, -0.25) is 4.90 Å². The Balaban J connectivity index is 2.55. The van der Waals surface area contributed by atoms with Crippen LogP contribution in [-0.2, 0) is 0 Å². The normalized spacial score (nSPS) is 32.1. The molecule has 1 saturated heterocycles. The van der Waals surface area contributed by atoms with Gasteiger partial charge in [0.2, 0.25) is 0 Å². The van der Waals surface area contributed by atoms with Gasteiger partial charge in [0.15, 0.2) is 0 Å². The first-order valence-corrected chi connectivity index (χ1v) is 5.45. The van der Waals surface area contributed by atoms with Crippen molar-refractivity contribution in [1.29, 1.82) is 0 Å². The van der Waals surface area contributed by atoms with Gasteiger partial charge in [0.1, 0.15) is 0 Å². The van der Waals surface area contributed by atoms with Gasteiger partial charge in [0.25, 0.3) is 0 Å². The molecule has 2 heteroatoms. The Bertz CT molecular complexity index is 160. The van der Waals surface area contributed by atoms with Crippen molar-refractivity contribution in [2.75, 3.05) is 13.1 Å². The quantitative estimate of drug-likeness (QED) is 0.674. The lowest BCUT2D eigenvalue weighted by molar-refractivity contribution is 0.0671. The highest BCUT2D eigenvalue weighted by atomic mass is 15.2. The minimum absolute atomic E-state index is 0.313. The minimum Gasteiger partial charge on any atom is -0.327 e. The Morgan fingerprint density at radius 1 is 1.38 bits per heavy atom. The van der Waals surface area contributed by atoms with Crippen LogP contribution in [0.5, 0.6) is 0 Å². The number of nitrogens with two attached hydrogens (primary N) is 1. The molecule has 1 fully saturated rings. The molecule has 2 N–H and O–H groups in total. The summed E-state index contributed by atoms with van der Waals surface area (Å²) in [6.45, 7) is 11.5. The van der Waals surface area contributed by atoms with E-state index in [0.29, 0.717) is 17.5 Å². The molecule has 1 aliphatic heterocycles. The number of rotatable bonds is 1. The first-order chi connectivity index (χ1) is 5.95. The number of hydrogen-bond acceptors (Lipinski definition) is 2. The van der Waals surface area contributed by atoms with Gasteiger partial charge in [0.05, 0.1) is 0 Å². The van der Waals surface area contributed by atoms with Crippen LogP contribution >= 0.6 is 0 Å². The fourth-order valence-electron chi connectivity index (χ4n) is 2.09. The van der Waals surface area contributed by atoms with E-state index < -0.39 is 0 Å². The zero-order chi connectivity index (χ0) is 10.1. The average Bonchev–Trinajstić information content (AvgIpc) is 2.03. The van der Waals surface area contributed by atoms with E-state index in [1.54, 1.807) is 0 Å². The largest absolute Gasteiger partial charge is 0.327 e. The Morgan fingerprint density at radius 3 is 2.46 bits per heavy atom. The van der Waals surface area contributed by atoms with Crippen LogP contribution in [0.3, 0.4) is 0 Å². The smallest absolute Gasteiger partial charge is 0.0125 e. The van der Waals surface area contributed by atoms with Crippen molar-refractivity contribution >= 4 is 0 Å². The molecule has 1 heterocycles. The van der Waals surface area contributed by atoms with Gasteiger partial charge in [-0.25, -0.2) is 0 Å². The third kappa shape index (κ3) is 2.68. The van der Waals surface area contributed by atoms with Crippen LogP contribution in [0, 0.1) is 5.92 Å². The summed E-state index contributed by atoms with van der Waals surface area (Å²) in [4.78, 5) is 2.56. The summed E-state index contributed by atoms with van der Waals surface area (Å²) in [5.41, 5.74) is 6.38. The highest BCUT2D eigenvalue weighted by Crippen LogP contribution is 2.24. The Morgan fingerprint density at radius 2 is 2.00 bits per heavy atom. The second-order valence-electron chi connectivity index (χ2n) is 5.24. The molecule has 0 amide bonds. The van der Waals surface area contributed by atoms with Crippen molar-refractivity contribution in [2.24, 2.45) is 11.7 Å². The third-order valence-corrected chi connectivity index (χ3v) is 3.27. The maximum absolute atomic E-state index is 6.07. The van der Waals surface area contributed by atoms with Gasteiger partial charge in [-0.2, -0.15) is 0 Å². The molecule has 0 spiro atoms. The molecule has 0 saturated carbocycles. The summed E-state index contributed by atoms with van der Waals surface area (Å²) in [5.74, 6) is 0.702. The summed E-state index contributed by atoms with van der Waals surface area (Å²) >= 11 is 0. The van der Waals surface area contributed by atoms with E-state index in [4.69, 9.17) is 5.73 Å². The van der Waals surface area contributed by atoms with E-state index in [9.17, 15) is 0 Å². The molecule has 13 heavy (non-hydrogen) atoms. The van der Waals surface area contributed by atoms with Crippen molar-refractivity contribution in [2.45, 2.75) is 52.1 Å². The van der Waals surface area contributed by atoms with Crippen LogP contribution in [0.2, 0.25) is 0 Å². The summed E-state index contributed by atoms with van der Waals surface area (Å²) in [6.07, 6.45) is 2.38. The second-order valence-corrected chi connectivity index (χ2v) is 5.24. The van der Waals surface area contributed by atoms with Crippen LogP contribution in [-0.4, -0.2) is 29.6 Å². The molecule has 2 nitrogen and oxygen atoms in total. The number of likely N-dealkylation sites (tertiary alicyclic amines) is 1. The second kappa shape index (κ2) is 3.97. The molecule has 1 rings (SSSR count). The lowest BCUT2D eigenvalue weighted by Crippen LogP contribution is -2.53. The summed E-state index contributed by atoms with van der Waals surface area (Å²) in [5, 5.41) is 0. The Kier molecular flexibility index (Phi) is 3.36. The number of piperidine rings is 1. The zero-order valence-corrected chi connectivity index (χ0v) is 9.51. The topological polar surface area (TPSA) is 29.3 Å². The molecule has 0 aromatic carbocycles. The van der Waals surface area contributed by atoms with E-state index in [1.807, 2.05) is 0 Å². The fraction of sp³-hybridized carbons (Fsp3) is 1.00. The van der Waals surface area contributed by atoms with Crippen molar-refractivity contribution in [1.82, 2.24) is 4.90 Å². The maximum atomic E-state index is 6.07. The van der Waals surface area contributed by atoms with Gasteiger partial charge >= 0.3 is 0 Å². The van der Waals surface area contributed by atoms with Gasteiger partial charge in [-0.15, -0.1) is 0 Å². The highest BCUT2D eigenvalue weighted by Gasteiger charge is 2.30. The van der Waals surface area contributed by atoms with Crippen molar-refractivity contribution in [3.8, 4) is 0 Å². The Labute approximate surface area is 82.5 Å². The standard InChI is InChI=1S/C11H24N2/c1-5-9-8-13(11(2,3)4)7-6-10(9)12/h9-10H,5-8,12H2,1-4H3/t9-,10-/m1/s1. The van der Waals surface area contributed by atoms with Gasteiger partial charge < -0.3 is 5.73 Å². The minimum atomic E-state index is 0.313. The average molecular weight is 184 g/mol. The SMILES string of the molecule is CC[C@@H]1CN(C(C)(C)C)CC[C@H]1N. The molecular weight excluding hydrogens is 160 g/mol. The predicted octanol–water partition coefficient (Wildman–Crippen LogP) is 1.84. The van der Waals surface area contributed by atoms with Crippen LogP contribution in [0.1, 0.15) is 40.5 Å². The first-order valence-electron chi connectivity index (χ1n) is 5.45. The van der Waals surface area contributed by atoms with Crippen LogP contribution < -0.4 is 5.73 Å². The molecule has 1 aliphatic rings. The molecule has 0 aromatic rings. The van der Waals surface area contributed by atoms with Gasteiger partial charge in [0, 0.05) is 24.7 Å². The van der Waals surface area contributed by atoms with Crippen molar-refractivity contribution in [3.05, 3.63) is 0 Å². The third-order valence-electron chi connectivity index (χ3n) is 3.27. The van der Waals surface area contributed by atoms with E-state index >= 15 is 0 Å². The van der Waals surface area contributed by atoms with Crippen LogP contribution in [0.25, 0.3) is 0 Å². The molecule has 0 radical (unpaired) electrons. The lowest BCUT2D eigenvalue weighted by Gasteiger charge is -2.43. The lowest BCUT2D eigenvalue weighted by atomic mass is 9.88. The van der Waals surface area contributed by atoms with Crippen molar-refractivity contribution in [3.63, 3.8) is 0 Å². The summed E-state index contributed by atoms with van der Waals surface area (Å²) < 4.78 is 0.